The third kappa shape index (κ3) is 8.61. The number of likely N-dealkylation sites (tertiary alicyclic amines) is 1. The Hall–Kier alpha value is -4.26. The van der Waals surface area contributed by atoms with Crippen LogP contribution in [0.2, 0.25) is 0 Å². The van der Waals surface area contributed by atoms with Crippen LogP contribution in [0.25, 0.3) is 0 Å². The molecule has 1 heterocycles. The first kappa shape index (κ1) is 29.7. The molecule has 3 aromatic carbocycles. The van der Waals surface area contributed by atoms with E-state index in [0.29, 0.717) is 24.3 Å². The molecule has 7 heteroatoms. The molecule has 1 atom stereocenters. The Morgan fingerprint density at radius 3 is 2.46 bits per heavy atom. The van der Waals surface area contributed by atoms with Gasteiger partial charge in [-0.1, -0.05) is 43.7 Å². The molecule has 3 aromatic rings. The maximum atomic E-state index is 13.2. The molecule has 1 aliphatic rings. The molecule has 1 aliphatic heterocycles. The van der Waals surface area contributed by atoms with E-state index in [1.807, 2.05) is 41.3 Å². The maximum absolute atomic E-state index is 13.2. The predicted octanol–water partition coefficient (Wildman–Crippen LogP) is 6.95. The third-order valence-electron chi connectivity index (χ3n) is 7.32. The second-order valence-corrected chi connectivity index (χ2v) is 10.4. The molecule has 1 saturated heterocycles. The van der Waals surface area contributed by atoms with Gasteiger partial charge in [-0.3, -0.25) is 4.79 Å². The number of hydrogen-bond donors (Lipinski definition) is 2. The van der Waals surface area contributed by atoms with Crippen molar-refractivity contribution in [2.75, 3.05) is 30.9 Å². The van der Waals surface area contributed by atoms with Gasteiger partial charge in [-0.2, -0.15) is 0 Å². The lowest BCUT2D eigenvalue weighted by atomic mass is 10.1. The highest BCUT2D eigenvalue weighted by Crippen LogP contribution is 2.23. The molecular weight excluding hydrogens is 514 g/mol. The monoisotopic (exact) mass is 555 g/mol. The van der Waals surface area contributed by atoms with E-state index in [0.717, 1.165) is 61.4 Å². The first-order valence-corrected chi connectivity index (χ1v) is 14.5. The quantitative estimate of drug-likeness (QED) is 0.176. The number of amides is 1. The molecule has 4 rings (SSSR count). The fourth-order valence-corrected chi connectivity index (χ4v) is 4.91. The highest BCUT2D eigenvalue weighted by molar-refractivity contribution is 5.89. The summed E-state index contributed by atoms with van der Waals surface area (Å²) in [4.78, 5) is 26.8. The number of rotatable bonds is 13. The number of unbranched alkanes of at least 4 members (excludes halogenated alkanes) is 2. The van der Waals surface area contributed by atoms with E-state index >= 15 is 0 Å². The van der Waals surface area contributed by atoms with E-state index in [2.05, 4.69) is 42.7 Å². The van der Waals surface area contributed by atoms with Crippen molar-refractivity contribution in [2.45, 2.75) is 58.4 Å². The zero-order chi connectivity index (χ0) is 29.0. The van der Waals surface area contributed by atoms with Crippen LogP contribution in [-0.4, -0.2) is 43.1 Å². The Morgan fingerprint density at radius 1 is 1.00 bits per heavy atom. The van der Waals surface area contributed by atoms with Gasteiger partial charge in [0.2, 0.25) is 5.91 Å². The van der Waals surface area contributed by atoms with E-state index in [9.17, 15) is 9.59 Å². The van der Waals surface area contributed by atoms with Gasteiger partial charge in [0, 0.05) is 17.9 Å². The van der Waals surface area contributed by atoms with Gasteiger partial charge >= 0.3 is 5.97 Å². The number of nitrogens with one attached hydrogen (secondary N) is 2. The van der Waals surface area contributed by atoms with Crippen LogP contribution in [0.3, 0.4) is 0 Å². The summed E-state index contributed by atoms with van der Waals surface area (Å²) in [7, 11) is 1.36. The molecule has 1 fully saturated rings. The lowest BCUT2D eigenvalue weighted by Crippen LogP contribution is -2.39. The normalized spacial score (nSPS) is 15.0. The fraction of sp³-hybridized carbons (Fsp3) is 0.353. The Bertz CT molecular complexity index is 1320. The smallest absolute Gasteiger partial charge is 0.337 e. The van der Waals surface area contributed by atoms with Crippen molar-refractivity contribution in [3.63, 3.8) is 0 Å². The number of aryl methyl sites for hydroxylation is 1. The minimum Gasteiger partial charge on any atom is -0.491 e. The molecule has 1 unspecified atom stereocenters. The number of hydrogen-bond acceptors (Lipinski definition) is 6. The van der Waals surface area contributed by atoms with Gasteiger partial charge in [-0.25, -0.2) is 4.79 Å². The Morgan fingerprint density at radius 2 is 1.76 bits per heavy atom. The molecule has 7 nitrogen and oxygen atoms in total. The van der Waals surface area contributed by atoms with E-state index in [-0.39, 0.29) is 17.9 Å². The average Bonchev–Trinajstić information content (AvgIpc) is 3.47. The summed E-state index contributed by atoms with van der Waals surface area (Å²) in [6.45, 7) is 5.45. The summed E-state index contributed by atoms with van der Waals surface area (Å²) in [5.41, 5.74) is 4.69. The van der Waals surface area contributed by atoms with E-state index in [1.54, 1.807) is 24.3 Å². The van der Waals surface area contributed by atoms with Crippen molar-refractivity contribution in [3.05, 3.63) is 101 Å². The zero-order valence-electron chi connectivity index (χ0n) is 24.3. The van der Waals surface area contributed by atoms with Crippen LogP contribution >= 0.6 is 0 Å². The molecule has 2 N–H and O–H groups in total. The lowest BCUT2D eigenvalue weighted by Gasteiger charge is -2.25. The number of benzene rings is 3. The molecule has 0 aliphatic carbocycles. The second kappa shape index (κ2) is 14.9. The largest absolute Gasteiger partial charge is 0.491 e. The van der Waals surface area contributed by atoms with Gasteiger partial charge < -0.3 is 25.0 Å². The highest BCUT2D eigenvalue weighted by Gasteiger charge is 2.29. The number of methoxy groups -OCH3 is 1. The van der Waals surface area contributed by atoms with Crippen LogP contribution in [0.1, 0.15) is 60.5 Å². The van der Waals surface area contributed by atoms with Crippen molar-refractivity contribution >= 4 is 23.3 Å². The second-order valence-electron chi connectivity index (χ2n) is 10.4. The molecule has 41 heavy (non-hydrogen) atoms. The minimum absolute atomic E-state index is 0.0343. The van der Waals surface area contributed by atoms with Gasteiger partial charge in [0.05, 0.1) is 25.1 Å². The lowest BCUT2D eigenvalue weighted by molar-refractivity contribution is -0.131. The molecular formula is C34H41N3O4. The van der Waals surface area contributed by atoms with Gasteiger partial charge in [0.25, 0.3) is 0 Å². The summed E-state index contributed by atoms with van der Waals surface area (Å²) in [6, 6.07) is 23.2. The number of allylic oxidation sites excluding steroid dienone is 1. The van der Waals surface area contributed by atoms with Crippen LogP contribution in [-0.2, 0) is 16.0 Å². The van der Waals surface area contributed by atoms with Crippen molar-refractivity contribution < 1.29 is 19.1 Å². The van der Waals surface area contributed by atoms with E-state index < -0.39 is 0 Å². The summed E-state index contributed by atoms with van der Waals surface area (Å²) in [6.07, 6.45) is 7.70. The topological polar surface area (TPSA) is 79.9 Å². The summed E-state index contributed by atoms with van der Waals surface area (Å²) in [5.74, 6) is 1.35. The van der Waals surface area contributed by atoms with Crippen LogP contribution in [0.5, 0.6) is 5.75 Å². The van der Waals surface area contributed by atoms with Crippen molar-refractivity contribution in [1.29, 1.82) is 0 Å². The van der Waals surface area contributed by atoms with Crippen molar-refractivity contribution in [2.24, 2.45) is 0 Å². The van der Waals surface area contributed by atoms with E-state index in [4.69, 9.17) is 9.47 Å². The van der Waals surface area contributed by atoms with Gasteiger partial charge in [-0.05, 0) is 92.3 Å². The van der Waals surface area contributed by atoms with Gasteiger partial charge in [0.15, 0.2) is 0 Å². The highest BCUT2D eigenvalue weighted by atomic mass is 16.5. The Labute approximate surface area is 243 Å². The zero-order valence-corrected chi connectivity index (χ0v) is 24.3. The molecule has 0 spiro atoms. The van der Waals surface area contributed by atoms with Crippen LogP contribution in [0.15, 0.2) is 84.7 Å². The summed E-state index contributed by atoms with van der Waals surface area (Å²) < 4.78 is 10.7. The number of carbonyl (C=O) groups is 2. The summed E-state index contributed by atoms with van der Waals surface area (Å²) in [5, 5.41) is 7.05. The predicted molar refractivity (Wildman–Crippen MR) is 164 cm³/mol. The first-order valence-electron chi connectivity index (χ1n) is 14.5. The fourth-order valence-electron chi connectivity index (χ4n) is 4.91. The molecule has 0 saturated carbocycles. The number of esters is 1. The molecule has 1 amide bonds. The standard InChI is InChI=1S/C34H41N3O4/c1-4-5-6-13-32(36-31-12-8-7-10-25(31)2)35-28-18-14-26(15-19-28)23-33(38)37-22-9-11-29(37)24-41-30-20-16-27(17-21-30)34(39)40-3/h7-8,10,12-21,29,35-36H,4-6,9,11,22-24H2,1-3H3/b32-13+. The maximum Gasteiger partial charge on any atom is 0.337 e. The SMILES string of the molecule is CCCC/C=C(\Nc1ccc(CC(=O)N2CCCC2COc2ccc(C(=O)OC)cc2)cc1)Nc1ccccc1C. The number of nitrogens with zero attached hydrogens (tertiary/aromatic N) is 1. The van der Waals surface area contributed by atoms with Gasteiger partial charge in [-0.15, -0.1) is 0 Å². The van der Waals surface area contributed by atoms with Crippen LogP contribution in [0, 0.1) is 6.92 Å². The third-order valence-corrected chi connectivity index (χ3v) is 7.32. The van der Waals surface area contributed by atoms with Crippen LogP contribution in [0.4, 0.5) is 11.4 Å². The van der Waals surface area contributed by atoms with E-state index in [1.165, 1.54) is 12.7 Å². The number of ether oxygens (including phenoxy) is 2. The van der Waals surface area contributed by atoms with Crippen LogP contribution < -0.4 is 15.4 Å². The minimum atomic E-state index is -0.379. The number of carbonyl (C=O) groups excluding carboxylic acids is 2. The van der Waals surface area contributed by atoms with Crippen molar-refractivity contribution in [3.8, 4) is 5.75 Å². The Balaban J connectivity index is 1.32. The first-order chi connectivity index (χ1) is 20.0. The average molecular weight is 556 g/mol. The summed E-state index contributed by atoms with van der Waals surface area (Å²) >= 11 is 0. The molecule has 0 bridgehead atoms. The number of anilines is 2. The molecule has 0 aromatic heterocycles. The Kier molecular flexibility index (Phi) is 10.8. The molecule has 216 valence electrons. The number of para-hydroxylation sites is 1. The molecule has 0 radical (unpaired) electrons. The van der Waals surface area contributed by atoms with Gasteiger partial charge in [0.1, 0.15) is 18.2 Å². The van der Waals surface area contributed by atoms with Crippen molar-refractivity contribution in [1.82, 2.24) is 4.90 Å².